The van der Waals surface area contributed by atoms with Crippen LogP contribution in [0, 0.1) is 11.6 Å². The zero-order valence-corrected chi connectivity index (χ0v) is 13.3. The van der Waals surface area contributed by atoms with Gasteiger partial charge >= 0.3 is 0 Å². The van der Waals surface area contributed by atoms with Crippen molar-refractivity contribution in [3.63, 3.8) is 0 Å². The fourth-order valence-electron chi connectivity index (χ4n) is 1.70. The molecule has 0 aliphatic rings. The first-order valence-corrected chi connectivity index (χ1v) is 6.91. The highest BCUT2D eigenvalue weighted by Crippen LogP contribution is 2.08. The average molecular weight is 312 g/mol. The van der Waals surface area contributed by atoms with E-state index in [1.807, 2.05) is 20.8 Å². The first-order valence-electron chi connectivity index (χ1n) is 6.91. The number of nitrogens with one attached hydrogen (secondary N) is 3. The Morgan fingerprint density at radius 1 is 1.23 bits per heavy atom. The van der Waals surface area contributed by atoms with Gasteiger partial charge in [-0.3, -0.25) is 9.79 Å². The van der Waals surface area contributed by atoms with E-state index >= 15 is 0 Å². The predicted molar refractivity (Wildman–Crippen MR) is 82.5 cm³/mol. The Morgan fingerprint density at radius 3 is 2.50 bits per heavy atom. The monoisotopic (exact) mass is 312 g/mol. The second-order valence-electron chi connectivity index (χ2n) is 5.81. The van der Waals surface area contributed by atoms with Crippen LogP contribution in [0.5, 0.6) is 0 Å². The van der Waals surface area contributed by atoms with Crippen LogP contribution in [0.2, 0.25) is 0 Å². The number of rotatable bonds is 4. The van der Waals surface area contributed by atoms with Gasteiger partial charge < -0.3 is 16.0 Å². The molecule has 1 aromatic carbocycles. The number of benzene rings is 1. The van der Waals surface area contributed by atoms with E-state index in [0.29, 0.717) is 5.96 Å². The Labute approximate surface area is 129 Å². The number of carbonyl (C=O) groups excluding carboxylic acids is 1. The summed E-state index contributed by atoms with van der Waals surface area (Å²) in [4.78, 5) is 15.6. The lowest BCUT2D eigenvalue weighted by Crippen LogP contribution is -2.48. The highest BCUT2D eigenvalue weighted by atomic mass is 19.1. The zero-order chi connectivity index (χ0) is 16.8. The Hall–Kier alpha value is -2.18. The minimum Gasteiger partial charge on any atom is -0.352 e. The van der Waals surface area contributed by atoms with Crippen LogP contribution in [0.15, 0.2) is 23.2 Å². The standard InChI is InChI=1S/C15H22F2N4O/c1-15(2,3)21-13(22)9-20-14(18-4)19-8-10-7-11(16)5-6-12(10)17/h5-7H,8-9H2,1-4H3,(H,21,22)(H2,18,19,20). The fraction of sp³-hybridized carbons (Fsp3) is 0.467. The van der Waals surface area contributed by atoms with Gasteiger partial charge in [-0.1, -0.05) is 0 Å². The molecule has 0 unspecified atom stereocenters. The van der Waals surface area contributed by atoms with Gasteiger partial charge in [0.25, 0.3) is 0 Å². The molecule has 122 valence electrons. The minimum absolute atomic E-state index is 0.0303. The SMILES string of the molecule is CN=C(NCC(=O)NC(C)(C)C)NCc1cc(F)ccc1F. The van der Waals surface area contributed by atoms with Crippen molar-refractivity contribution in [1.29, 1.82) is 0 Å². The van der Waals surface area contributed by atoms with Crippen molar-refractivity contribution >= 4 is 11.9 Å². The molecule has 0 fully saturated rings. The predicted octanol–water partition coefficient (Wildman–Crippen LogP) is 1.54. The van der Waals surface area contributed by atoms with Crippen molar-refractivity contribution in [2.75, 3.05) is 13.6 Å². The molecule has 1 amide bonds. The van der Waals surface area contributed by atoms with E-state index in [1.54, 1.807) is 0 Å². The van der Waals surface area contributed by atoms with Crippen LogP contribution in [-0.4, -0.2) is 31.0 Å². The third-order valence-corrected chi connectivity index (χ3v) is 2.61. The molecule has 0 saturated heterocycles. The maximum atomic E-state index is 13.5. The summed E-state index contributed by atoms with van der Waals surface area (Å²) in [6, 6.07) is 3.24. The van der Waals surface area contributed by atoms with E-state index in [9.17, 15) is 13.6 Å². The number of carbonyl (C=O) groups is 1. The van der Waals surface area contributed by atoms with Crippen molar-refractivity contribution in [2.45, 2.75) is 32.9 Å². The fourth-order valence-corrected chi connectivity index (χ4v) is 1.70. The normalized spacial score (nSPS) is 12.0. The summed E-state index contributed by atoms with van der Waals surface area (Å²) in [5.74, 6) is -0.874. The maximum absolute atomic E-state index is 13.5. The van der Waals surface area contributed by atoms with Crippen molar-refractivity contribution in [1.82, 2.24) is 16.0 Å². The molecule has 1 aromatic rings. The van der Waals surface area contributed by atoms with Gasteiger partial charge in [0.15, 0.2) is 5.96 Å². The molecular formula is C15H22F2N4O. The minimum atomic E-state index is -0.509. The van der Waals surface area contributed by atoms with Crippen LogP contribution in [0.1, 0.15) is 26.3 Å². The van der Waals surface area contributed by atoms with Crippen LogP contribution in [0.3, 0.4) is 0 Å². The first-order chi connectivity index (χ1) is 10.2. The molecule has 5 nitrogen and oxygen atoms in total. The molecule has 7 heteroatoms. The van der Waals surface area contributed by atoms with Crippen molar-refractivity contribution < 1.29 is 13.6 Å². The molecule has 0 radical (unpaired) electrons. The van der Waals surface area contributed by atoms with Crippen LogP contribution in [0.4, 0.5) is 8.78 Å². The quantitative estimate of drug-likeness (QED) is 0.584. The first kappa shape index (κ1) is 17.9. The smallest absolute Gasteiger partial charge is 0.239 e. The molecule has 1 rings (SSSR count). The molecule has 0 aliphatic carbocycles. The van der Waals surface area contributed by atoms with Gasteiger partial charge in [0.1, 0.15) is 11.6 Å². The Kier molecular flexibility index (Phi) is 6.27. The summed E-state index contributed by atoms with van der Waals surface area (Å²) in [5.41, 5.74) is -0.137. The van der Waals surface area contributed by atoms with Crippen LogP contribution in [0.25, 0.3) is 0 Å². The summed E-state index contributed by atoms with van der Waals surface area (Å²) >= 11 is 0. The van der Waals surface area contributed by atoms with Crippen LogP contribution < -0.4 is 16.0 Å². The van der Waals surface area contributed by atoms with Crippen molar-refractivity contribution in [3.8, 4) is 0 Å². The largest absolute Gasteiger partial charge is 0.352 e. The van der Waals surface area contributed by atoms with Gasteiger partial charge in [0, 0.05) is 24.7 Å². The lowest BCUT2D eigenvalue weighted by Gasteiger charge is -2.21. The second kappa shape index (κ2) is 7.72. The van der Waals surface area contributed by atoms with Crippen LogP contribution in [-0.2, 0) is 11.3 Å². The molecule has 0 spiro atoms. The highest BCUT2D eigenvalue weighted by molar-refractivity contribution is 5.86. The number of hydrogen-bond acceptors (Lipinski definition) is 2. The summed E-state index contributed by atoms with van der Waals surface area (Å²) in [7, 11) is 1.53. The number of halogens is 2. The molecule has 22 heavy (non-hydrogen) atoms. The Balaban J connectivity index is 2.49. The molecule has 0 bridgehead atoms. The van der Waals surface area contributed by atoms with E-state index < -0.39 is 11.6 Å². The van der Waals surface area contributed by atoms with Gasteiger partial charge in [0.05, 0.1) is 6.54 Å². The highest BCUT2D eigenvalue weighted by Gasteiger charge is 2.13. The molecule has 0 aliphatic heterocycles. The van der Waals surface area contributed by atoms with Crippen molar-refractivity contribution in [2.24, 2.45) is 4.99 Å². The summed E-state index contributed by atoms with van der Waals surface area (Å²) in [5, 5.41) is 8.43. The van der Waals surface area contributed by atoms with E-state index in [0.717, 1.165) is 18.2 Å². The number of nitrogens with zero attached hydrogens (tertiary/aromatic N) is 1. The molecule has 0 heterocycles. The number of guanidine groups is 1. The summed E-state index contributed by atoms with van der Waals surface area (Å²) < 4.78 is 26.6. The summed E-state index contributed by atoms with van der Waals surface area (Å²) in [6.07, 6.45) is 0. The third-order valence-electron chi connectivity index (χ3n) is 2.61. The third kappa shape index (κ3) is 6.51. The van der Waals surface area contributed by atoms with E-state index in [2.05, 4.69) is 20.9 Å². The Bertz CT molecular complexity index is 553. The van der Waals surface area contributed by atoms with Gasteiger partial charge in [-0.05, 0) is 39.0 Å². The number of hydrogen-bond donors (Lipinski definition) is 3. The topological polar surface area (TPSA) is 65.5 Å². The summed E-state index contributed by atoms with van der Waals surface area (Å²) in [6.45, 7) is 5.73. The lowest BCUT2D eigenvalue weighted by molar-refractivity contribution is -0.121. The van der Waals surface area contributed by atoms with Crippen LogP contribution >= 0.6 is 0 Å². The van der Waals surface area contributed by atoms with Gasteiger partial charge in [-0.2, -0.15) is 0 Å². The number of aliphatic imine (C=N–C) groups is 1. The number of amides is 1. The Morgan fingerprint density at radius 2 is 1.91 bits per heavy atom. The second-order valence-corrected chi connectivity index (χ2v) is 5.81. The van der Waals surface area contributed by atoms with Gasteiger partial charge in [-0.25, -0.2) is 8.78 Å². The maximum Gasteiger partial charge on any atom is 0.239 e. The molecule has 0 atom stereocenters. The van der Waals surface area contributed by atoms with Crippen molar-refractivity contribution in [3.05, 3.63) is 35.4 Å². The molecular weight excluding hydrogens is 290 g/mol. The van der Waals surface area contributed by atoms with E-state index in [-0.39, 0.29) is 30.1 Å². The van der Waals surface area contributed by atoms with Gasteiger partial charge in [-0.15, -0.1) is 0 Å². The zero-order valence-electron chi connectivity index (χ0n) is 13.3. The average Bonchev–Trinajstić information content (AvgIpc) is 2.40. The lowest BCUT2D eigenvalue weighted by atomic mass is 10.1. The molecule has 0 aromatic heterocycles. The van der Waals surface area contributed by atoms with Gasteiger partial charge in [0.2, 0.25) is 5.91 Å². The van der Waals surface area contributed by atoms with E-state index in [4.69, 9.17) is 0 Å². The molecule has 0 saturated carbocycles. The molecule has 3 N–H and O–H groups in total. The van der Waals surface area contributed by atoms with E-state index in [1.165, 1.54) is 7.05 Å².